The van der Waals surface area contributed by atoms with Crippen molar-refractivity contribution in [3.63, 3.8) is 0 Å². The van der Waals surface area contributed by atoms with Gasteiger partial charge in [0.05, 0.1) is 23.3 Å². The van der Waals surface area contributed by atoms with Crippen LogP contribution in [-0.2, 0) is 13.1 Å². The van der Waals surface area contributed by atoms with E-state index in [1.54, 1.807) is 22.7 Å². The number of para-hydroxylation sites is 1. The molecule has 8 heteroatoms. The zero-order valence-electron chi connectivity index (χ0n) is 17.0. The molecule has 5 aromatic rings. The molecule has 5 rings (SSSR count). The summed E-state index contributed by atoms with van der Waals surface area (Å²) in [7, 11) is 0. The average molecular weight is 443 g/mol. The molecule has 3 heterocycles. The lowest BCUT2D eigenvalue weighted by Crippen LogP contribution is -2.21. The first kappa shape index (κ1) is 20.2. The molecular weight excluding hydrogens is 424 g/mol. The minimum Gasteiger partial charge on any atom is -0.373 e. The largest absolute Gasteiger partial charge is 0.373 e. The number of aromatic nitrogens is 4. The van der Waals surface area contributed by atoms with E-state index in [9.17, 15) is 5.11 Å². The van der Waals surface area contributed by atoms with Crippen LogP contribution in [0.5, 0.6) is 0 Å². The van der Waals surface area contributed by atoms with Crippen LogP contribution in [0.2, 0.25) is 5.02 Å². The van der Waals surface area contributed by atoms with Crippen molar-refractivity contribution in [1.82, 2.24) is 24.5 Å². The molecule has 1 unspecified atom stereocenters. The number of benzene rings is 2. The number of nitriles is 1. The first-order valence-electron chi connectivity index (χ1n) is 10.1. The molecule has 0 aliphatic carbocycles. The molecule has 2 N–H and O–H groups in total. The molecule has 0 aliphatic heterocycles. The SMILES string of the molecule is N#Cc1ccc2nc(CNC(O)c3nn(Cc4ccc(Cl)cc4)c4ccccc34)cn2c1. The van der Waals surface area contributed by atoms with Gasteiger partial charge in [-0.2, -0.15) is 10.4 Å². The lowest BCUT2D eigenvalue weighted by molar-refractivity contribution is 0.132. The van der Waals surface area contributed by atoms with Gasteiger partial charge in [0.15, 0.2) is 6.23 Å². The fraction of sp³-hybridized carbons (Fsp3) is 0.125. The summed E-state index contributed by atoms with van der Waals surface area (Å²) in [6.07, 6.45) is 2.60. The number of halogens is 1. The number of aliphatic hydroxyl groups is 1. The first-order chi connectivity index (χ1) is 15.6. The van der Waals surface area contributed by atoms with Crippen molar-refractivity contribution in [2.45, 2.75) is 19.3 Å². The van der Waals surface area contributed by atoms with Crippen molar-refractivity contribution in [1.29, 1.82) is 5.26 Å². The molecule has 0 saturated carbocycles. The Kier molecular flexibility index (Phi) is 5.33. The number of nitrogens with one attached hydrogen (secondary N) is 1. The van der Waals surface area contributed by atoms with Gasteiger partial charge < -0.3 is 9.51 Å². The average Bonchev–Trinajstić information content (AvgIpc) is 3.40. The molecule has 0 radical (unpaired) electrons. The van der Waals surface area contributed by atoms with Gasteiger partial charge in [0.1, 0.15) is 17.4 Å². The minimum atomic E-state index is -0.967. The van der Waals surface area contributed by atoms with Gasteiger partial charge >= 0.3 is 0 Å². The molecule has 1 atom stereocenters. The van der Waals surface area contributed by atoms with Gasteiger partial charge in [-0.15, -0.1) is 0 Å². The summed E-state index contributed by atoms with van der Waals surface area (Å²) in [5, 5.41) is 29.3. The maximum absolute atomic E-state index is 10.9. The molecular formula is C24H19ClN6O. The minimum absolute atomic E-state index is 0.350. The fourth-order valence-corrected chi connectivity index (χ4v) is 3.86. The molecule has 7 nitrogen and oxygen atoms in total. The topological polar surface area (TPSA) is 91.2 Å². The maximum atomic E-state index is 10.9. The number of fused-ring (bicyclic) bond motifs is 2. The lowest BCUT2D eigenvalue weighted by atomic mass is 10.2. The van der Waals surface area contributed by atoms with E-state index in [-0.39, 0.29) is 0 Å². The van der Waals surface area contributed by atoms with E-state index < -0.39 is 6.23 Å². The second kappa shape index (κ2) is 8.44. The molecule has 2 aromatic carbocycles. The summed E-state index contributed by atoms with van der Waals surface area (Å²) in [6, 6.07) is 21.1. The van der Waals surface area contributed by atoms with Crippen LogP contribution in [-0.4, -0.2) is 24.3 Å². The van der Waals surface area contributed by atoms with Gasteiger partial charge in [0, 0.05) is 29.3 Å². The molecule has 158 valence electrons. The highest BCUT2D eigenvalue weighted by Gasteiger charge is 2.18. The van der Waals surface area contributed by atoms with Crippen LogP contribution in [0.4, 0.5) is 0 Å². The van der Waals surface area contributed by atoms with Crippen LogP contribution < -0.4 is 5.32 Å². The second-order valence-corrected chi connectivity index (χ2v) is 7.93. The van der Waals surface area contributed by atoms with E-state index in [0.29, 0.717) is 29.4 Å². The third-order valence-corrected chi connectivity index (χ3v) is 5.55. The number of pyridine rings is 1. The van der Waals surface area contributed by atoms with Crippen molar-refractivity contribution < 1.29 is 5.11 Å². The molecule has 0 amide bonds. The summed E-state index contributed by atoms with van der Waals surface area (Å²) in [6.45, 7) is 0.918. The summed E-state index contributed by atoms with van der Waals surface area (Å²) < 4.78 is 3.69. The molecule has 3 aromatic heterocycles. The molecule has 32 heavy (non-hydrogen) atoms. The lowest BCUT2D eigenvalue weighted by Gasteiger charge is -2.09. The Bertz CT molecular complexity index is 1450. The van der Waals surface area contributed by atoms with Gasteiger partial charge in [0.2, 0.25) is 0 Å². The normalized spacial score (nSPS) is 12.3. The third kappa shape index (κ3) is 3.95. The summed E-state index contributed by atoms with van der Waals surface area (Å²) in [5.74, 6) is 0. The number of aliphatic hydroxyl groups excluding tert-OH is 1. The number of rotatable bonds is 6. The van der Waals surface area contributed by atoms with Crippen LogP contribution in [0.15, 0.2) is 73.1 Å². The number of hydrogen-bond acceptors (Lipinski definition) is 5. The Labute approximate surface area is 189 Å². The first-order valence-corrected chi connectivity index (χ1v) is 10.5. The van der Waals surface area contributed by atoms with E-state index in [1.165, 1.54) is 0 Å². The predicted molar refractivity (Wildman–Crippen MR) is 122 cm³/mol. The molecule has 0 bridgehead atoms. The highest BCUT2D eigenvalue weighted by molar-refractivity contribution is 6.30. The van der Waals surface area contributed by atoms with E-state index in [2.05, 4.69) is 16.4 Å². The van der Waals surface area contributed by atoms with E-state index in [0.717, 1.165) is 27.8 Å². The van der Waals surface area contributed by atoms with Crippen LogP contribution in [0.3, 0.4) is 0 Å². The van der Waals surface area contributed by atoms with Gasteiger partial charge in [-0.25, -0.2) is 4.98 Å². The molecule has 0 saturated heterocycles. The summed E-state index contributed by atoms with van der Waals surface area (Å²) in [5.41, 5.74) is 4.63. The van der Waals surface area contributed by atoms with Crippen molar-refractivity contribution in [3.8, 4) is 6.07 Å². The van der Waals surface area contributed by atoms with Crippen LogP contribution in [0.1, 0.15) is 28.7 Å². The van der Waals surface area contributed by atoms with E-state index in [1.807, 2.05) is 59.4 Å². The molecule has 0 aliphatic rings. The number of hydrogen-bond donors (Lipinski definition) is 2. The highest BCUT2D eigenvalue weighted by Crippen LogP contribution is 2.24. The maximum Gasteiger partial charge on any atom is 0.150 e. The van der Waals surface area contributed by atoms with Gasteiger partial charge in [0.25, 0.3) is 0 Å². The smallest absolute Gasteiger partial charge is 0.150 e. The number of nitrogens with zero attached hydrogens (tertiary/aromatic N) is 5. The Hall–Kier alpha value is -3.70. The van der Waals surface area contributed by atoms with E-state index in [4.69, 9.17) is 22.0 Å². The van der Waals surface area contributed by atoms with Crippen LogP contribution in [0.25, 0.3) is 16.6 Å². The third-order valence-electron chi connectivity index (χ3n) is 5.30. The van der Waals surface area contributed by atoms with Crippen LogP contribution >= 0.6 is 11.6 Å². The molecule has 0 spiro atoms. The molecule has 0 fully saturated rings. The summed E-state index contributed by atoms with van der Waals surface area (Å²) >= 11 is 6.00. The van der Waals surface area contributed by atoms with Crippen molar-refractivity contribution >= 4 is 28.2 Å². The van der Waals surface area contributed by atoms with Crippen LogP contribution in [0, 0.1) is 11.3 Å². The zero-order valence-corrected chi connectivity index (χ0v) is 17.7. The Morgan fingerprint density at radius 1 is 1.06 bits per heavy atom. The van der Waals surface area contributed by atoms with E-state index >= 15 is 0 Å². The van der Waals surface area contributed by atoms with Gasteiger partial charge in [-0.3, -0.25) is 10.00 Å². The fourth-order valence-electron chi connectivity index (χ4n) is 3.73. The zero-order chi connectivity index (χ0) is 22.1. The van der Waals surface area contributed by atoms with Crippen molar-refractivity contribution in [2.75, 3.05) is 0 Å². The van der Waals surface area contributed by atoms with Crippen molar-refractivity contribution in [3.05, 3.63) is 101 Å². The monoisotopic (exact) mass is 442 g/mol. The quantitative estimate of drug-likeness (QED) is 0.387. The second-order valence-electron chi connectivity index (χ2n) is 7.50. The number of imidazole rings is 1. The summed E-state index contributed by atoms with van der Waals surface area (Å²) in [4.78, 5) is 4.53. The Morgan fingerprint density at radius 2 is 1.88 bits per heavy atom. The standard InChI is InChI=1S/C24H19ClN6O/c25-18-8-5-16(6-9-18)14-31-21-4-2-1-3-20(21)23(29-31)24(32)27-12-19-15-30-13-17(11-26)7-10-22(30)28-19/h1-10,13,15,24,27,32H,12,14H2. The van der Waals surface area contributed by atoms with Gasteiger partial charge in [-0.1, -0.05) is 41.9 Å². The Morgan fingerprint density at radius 3 is 2.69 bits per heavy atom. The van der Waals surface area contributed by atoms with Gasteiger partial charge in [-0.05, 0) is 35.9 Å². The predicted octanol–water partition coefficient (Wildman–Crippen LogP) is 4.04. The van der Waals surface area contributed by atoms with Crippen molar-refractivity contribution in [2.24, 2.45) is 0 Å². The highest BCUT2D eigenvalue weighted by atomic mass is 35.5. The Balaban J connectivity index is 1.38.